The van der Waals surface area contributed by atoms with Crippen LogP contribution >= 0.6 is 0 Å². The molecule has 35 heavy (non-hydrogen) atoms. The second kappa shape index (κ2) is 11.9. The van der Waals surface area contributed by atoms with Gasteiger partial charge in [-0.25, -0.2) is 4.39 Å². The van der Waals surface area contributed by atoms with Crippen molar-refractivity contribution in [1.82, 2.24) is 4.90 Å². The van der Waals surface area contributed by atoms with E-state index in [1.807, 2.05) is 40.7 Å². The Hall–Kier alpha value is -2.66. The van der Waals surface area contributed by atoms with E-state index < -0.39 is 5.82 Å². The summed E-state index contributed by atoms with van der Waals surface area (Å²) in [7, 11) is 0. The molecule has 0 fully saturated rings. The number of benzene rings is 2. The SMILES string of the molecule is [2H][2H].[2H][2H].[2H][2H].[2H][2H].[2H][2H].[2H][2H].[2H][2H].[2H][2H].[2H][2H].[2H][2H].[2H]c1c(C)c(C)c(C)c(C(/C=C(\C)c2c(C)cc(O)cc2C)=N\OCC(C)N(C(C)C)C(C)C)c1F.[HH].[HH].[HH].[HH].[HH].[HH].[HH].[HH].[HH].[HH].[HH].[HH].[HH].[HH].[HH].[HH].[HH].[HH].[HH].[HH].[HH].[HH].[HH].[HH].[HH].[HH].[HH].[HH]. The third-order valence-corrected chi connectivity index (χ3v) is 6.72. The molecule has 0 aliphatic carbocycles. The van der Waals surface area contributed by atoms with E-state index in [9.17, 15) is 5.11 Å². The van der Waals surface area contributed by atoms with Crippen LogP contribution in [-0.2, 0) is 4.84 Å². The molecule has 1 N–H and O–H groups in total. The lowest BCUT2D eigenvalue weighted by Gasteiger charge is -2.35. The van der Waals surface area contributed by atoms with E-state index in [0.717, 1.165) is 33.4 Å². The maximum absolute atomic E-state index is 15.5. The predicted octanol–water partition coefficient (Wildman–Crippen LogP) is 16.8. The van der Waals surface area contributed by atoms with Gasteiger partial charge in [-0.1, -0.05) is 5.16 Å². The first kappa shape index (κ1) is 16.2. The molecule has 0 heterocycles. The lowest BCUT2D eigenvalue weighted by molar-refractivity contribution is 0.0386. The van der Waals surface area contributed by atoms with Crippen LogP contribution in [0.25, 0.3) is 5.57 Å². The molecule has 0 amide bonds. The number of allylic oxidation sites excluding steroid dienone is 2. The predicted molar refractivity (Wildman–Crippen MR) is 226 cm³/mol. The summed E-state index contributed by atoms with van der Waals surface area (Å²) in [4.78, 5) is 8.21. The van der Waals surface area contributed by atoms with Gasteiger partial charge in [-0.3, -0.25) is 4.90 Å². The van der Waals surface area contributed by atoms with Crippen molar-refractivity contribution in [2.45, 2.75) is 94.3 Å². The molecule has 0 radical (unpaired) electrons. The van der Waals surface area contributed by atoms with Crippen LogP contribution in [0.15, 0.2) is 29.4 Å². The van der Waals surface area contributed by atoms with Crippen LogP contribution in [0.3, 0.4) is 0 Å². The van der Waals surface area contributed by atoms with E-state index in [-0.39, 0.29) is 63.3 Å². The van der Waals surface area contributed by atoms with Crippen LogP contribution in [0.2, 0.25) is 0 Å². The summed E-state index contributed by atoms with van der Waals surface area (Å²) in [5, 5.41) is 14.4. The van der Waals surface area contributed by atoms with Gasteiger partial charge >= 0.3 is 0 Å². The molecular weight excluding hydrogens is 439 g/mol. The molecule has 1 unspecified atom stereocenters. The van der Waals surface area contributed by atoms with Crippen LogP contribution < -0.4 is 0 Å². The van der Waals surface area contributed by atoms with Crippen molar-refractivity contribution in [3.05, 3.63) is 69.0 Å². The van der Waals surface area contributed by atoms with Crippen molar-refractivity contribution in [3.63, 3.8) is 0 Å². The number of rotatable bonds is 9. The van der Waals surface area contributed by atoms with Crippen molar-refractivity contribution < 1.29 is 85.3 Å². The number of phenolic OH excluding ortho intramolecular Hbond substituents is 1. The van der Waals surface area contributed by atoms with Crippen molar-refractivity contribution in [2.75, 3.05) is 6.61 Å². The van der Waals surface area contributed by atoms with Crippen LogP contribution in [-0.4, -0.2) is 40.5 Å². The van der Waals surface area contributed by atoms with Gasteiger partial charge in [-0.15, -0.1) is 0 Å². The van der Waals surface area contributed by atoms with E-state index in [1.165, 1.54) is 0 Å². The number of hydrogen-bond acceptors (Lipinski definition) is 4. The standard InChI is InChI=1S/C30H43FN2O2.38H2/c1-17(2)33(18(3)4)23(9)16-35-32-28(30-25(11)24(10)19(5)14-27(30)31)15-22(8)29-20(6)12-26(34)13-21(29)7;;;;;;;;;;;;;;;;;;;;;;;;;;;;;;;;;;;;;;/h12-15,17-18,23,34H,16H2,1-11H3;38*1H/b22-15+,32-28-;;;;;;;;;;;;;;;;;;;;;;;;;;;;;;;;;;;;;;/i14D;10*1+1D;;;;;;;;;;;;;;;;;;;;;;;;;;;;. The van der Waals surface area contributed by atoms with Gasteiger partial charge in [0.05, 0.1) is 1.37 Å². The zero-order chi connectivity index (χ0) is 47.5. The van der Waals surface area contributed by atoms with Gasteiger partial charge in [0.25, 0.3) is 0 Å². The van der Waals surface area contributed by atoms with Gasteiger partial charge in [-0.2, -0.15) is 0 Å². The molecular formula is C30H119FN2O2. The number of halogens is 1. The lowest BCUT2D eigenvalue weighted by atomic mass is 9.91. The summed E-state index contributed by atoms with van der Waals surface area (Å²) in [6, 6.07) is 4.11. The zero-order valence-electron chi connectivity index (χ0n) is 44.3. The second-order valence-corrected chi connectivity index (χ2v) is 10.2. The van der Waals surface area contributed by atoms with E-state index in [2.05, 4.69) is 44.7 Å². The number of aromatic hydroxyl groups is 1. The number of hydrogen-bond donors (Lipinski definition) is 1. The molecule has 0 bridgehead atoms. The highest BCUT2D eigenvalue weighted by Crippen LogP contribution is 2.29. The molecule has 0 saturated carbocycles. The Morgan fingerprint density at radius 1 is 1.09 bits per heavy atom. The maximum Gasteiger partial charge on any atom is 0.133 e. The summed E-state index contributed by atoms with van der Waals surface area (Å²) in [6.07, 6.45) is 1.82. The Labute approximate surface area is 285 Å². The Kier molecular flexibility index (Phi) is 5.47. The van der Waals surface area contributed by atoms with Crippen LogP contribution in [0, 0.1) is 40.4 Å². The van der Waals surface area contributed by atoms with Crippen molar-refractivity contribution >= 4 is 11.3 Å². The molecule has 4 nitrogen and oxygen atoms in total. The highest BCUT2D eigenvalue weighted by Gasteiger charge is 2.21. The second-order valence-electron chi connectivity index (χ2n) is 10.2. The molecule has 0 spiro atoms. The summed E-state index contributed by atoms with van der Waals surface area (Å²) < 4.78 is 124. The Balaban J connectivity index is -0.0000000120. The van der Waals surface area contributed by atoms with Gasteiger partial charge in [0.2, 0.25) is 0 Å². The van der Waals surface area contributed by atoms with Gasteiger partial charge < -0.3 is 9.94 Å². The van der Waals surface area contributed by atoms with Crippen LogP contribution in [0.5, 0.6) is 5.75 Å². The summed E-state index contributed by atoms with van der Waals surface area (Å²) in [6.45, 7) is 22.4. The fourth-order valence-corrected chi connectivity index (χ4v) is 5.16. The minimum atomic E-state index is -0.597. The number of nitrogens with zero attached hydrogens (tertiary/aromatic N) is 2. The molecule has 268 valence electrons. The molecule has 2 aromatic rings. The smallest absolute Gasteiger partial charge is 0.133 e. The first-order chi connectivity index (χ1) is 26.7. The maximum atomic E-state index is 15.5. The fraction of sp³-hybridized carbons (Fsp3) is 0.500. The van der Waals surface area contributed by atoms with Gasteiger partial charge in [0, 0.05) is 93.3 Å². The van der Waals surface area contributed by atoms with Crippen molar-refractivity contribution in [1.29, 1.82) is 0 Å². The van der Waals surface area contributed by atoms with Gasteiger partial charge in [-0.05, 0) is 139 Å². The molecule has 0 aliphatic rings. The van der Waals surface area contributed by atoms with Crippen LogP contribution in [0.4, 0.5) is 4.39 Å². The fourth-order valence-electron chi connectivity index (χ4n) is 5.16. The normalized spacial score (nSPS) is 16.5. The summed E-state index contributed by atoms with van der Waals surface area (Å²) in [5.41, 5.74) is 6.53. The first-order valence-corrected chi connectivity index (χ1v) is 12.4. The van der Waals surface area contributed by atoms with Gasteiger partial charge in [0.15, 0.2) is 0 Å². The largest absolute Gasteiger partial charge is 0.508 e. The number of phenols is 1. The molecule has 1 atom stereocenters. The quantitative estimate of drug-likeness (QED) is 0.237. The minimum Gasteiger partial charge on any atom is -0.508 e. The zero-order valence-corrected chi connectivity index (χ0v) is 23.3. The average Bonchev–Trinajstić information content (AvgIpc) is 3.23. The third kappa shape index (κ3) is 6.72. The number of aryl methyl sites for hydroxylation is 2. The van der Waals surface area contributed by atoms with Crippen LogP contribution in [0.1, 0.15) is 151 Å². The molecule has 0 aromatic heterocycles. The van der Waals surface area contributed by atoms with E-state index in [0.29, 0.717) is 30.0 Å². The average molecular weight is 580 g/mol. The number of oxime groups is 1. The minimum absolute atomic E-state index is 0. The summed E-state index contributed by atoms with van der Waals surface area (Å²) in [5.74, 6) is -0.386. The topological polar surface area (TPSA) is 45.1 Å². The highest BCUT2D eigenvalue weighted by atomic mass is 19.1. The lowest BCUT2D eigenvalue weighted by Crippen LogP contribution is -2.45. The van der Waals surface area contributed by atoms with E-state index >= 15 is 4.39 Å². The van der Waals surface area contributed by atoms with E-state index in [1.54, 1.807) is 19.1 Å². The molecule has 2 aromatic carbocycles. The van der Waals surface area contributed by atoms with Gasteiger partial charge in [0.1, 0.15) is 23.9 Å². The molecule has 0 saturated heterocycles. The third-order valence-electron chi connectivity index (χ3n) is 6.72. The molecule has 5 heteroatoms. The Bertz CT molecular complexity index is 1180. The summed E-state index contributed by atoms with van der Waals surface area (Å²) >= 11 is 0. The Morgan fingerprint density at radius 3 is 2.14 bits per heavy atom. The molecule has 0 aliphatic heterocycles. The Morgan fingerprint density at radius 2 is 1.63 bits per heavy atom. The molecule has 2 rings (SSSR count). The first-order valence-electron chi connectivity index (χ1n) is 22.9. The van der Waals surface area contributed by atoms with E-state index in [4.69, 9.17) is 35.9 Å². The highest BCUT2D eigenvalue weighted by molar-refractivity contribution is 6.13. The monoisotopic (exact) mass is 580 g/mol. The van der Waals surface area contributed by atoms with Crippen molar-refractivity contribution in [2.24, 2.45) is 5.16 Å². The van der Waals surface area contributed by atoms with Crippen molar-refractivity contribution in [3.8, 4) is 5.75 Å².